The number of halogens is 3. The van der Waals surface area contributed by atoms with Crippen molar-refractivity contribution in [3.05, 3.63) is 63.3 Å². The van der Waals surface area contributed by atoms with E-state index >= 15 is 0 Å². The summed E-state index contributed by atoms with van der Waals surface area (Å²) in [5.41, 5.74) is -0.00143. The van der Waals surface area contributed by atoms with Crippen LogP contribution in [0.15, 0.2) is 35.4 Å². The highest BCUT2D eigenvalue weighted by molar-refractivity contribution is 5.92. The van der Waals surface area contributed by atoms with Crippen LogP contribution in [0.1, 0.15) is 40.1 Å². The average Bonchev–Trinajstić information content (AvgIpc) is 2.82. The van der Waals surface area contributed by atoms with E-state index in [1.807, 2.05) is 13.0 Å². The first-order chi connectivity index (χ1) is 16.1. The Morgan fingerprint density at radius 2 is 1.85 bits per heavy atom. The van der Waals surface area contributed by atoms with Crippen LogP contribution in [-0.2, 0) is 6.18 Å². The molecule has 4 heterocycles. The lowest BCUT2D eigenvalue weighted by Gasteiger charge is -2.39. The standard InChI is InChI=1S/C23H25F3N6O2/c1-13-19(23(24,25)26)22(34)30-18-10-15(11-29-20(13)18)14(2)31-6-8-32(9-7-31)16-4-5-17(28-12-16)21(33)27-3/h4-5,10-12,14H,6-9H2,1-3H3,(H,27,33)(H,30,34). The van der Waals surface area contributed by atoms with Crippen molar-refractivity contribution in [3.8, 4) is 0 Å². The second-order valence-electron chi connectivity index (χ2n) is 8.30. The molecule has 1 amide bonds. The molecule has 4 rings (SSSR count). The fourth-order valence-corrected chi connectivity index (χ4v) is 4.33. The number of nitrogens with zero attached hydrogens (tertiary/aromatic N) is 4. The molecule has 3 aromatic rings. The maximum Gasteiger partial charge on any atom is 0.422 e. The Morgan fingerprint density at radius 3 is 2.44 bits per heavy atom. The van der Waals surface area contributed by atoms with Crippen molar-refractivity contribution in [2.24, 2.45) is 0 Å². The van der Waals surface area contributed by atoms with Crippen LogP contribution >= 0.6 is 0 Å². The van der Waals surface area contributed by atoms with Crippen LogP contribution in [0.2, 0.25) is 0 Å². The van der Waals surface area contributed by atoms with Gasteiger partial charge in [-0.15, -0.1) is 0 Å². The van der Waals surface area contributed by atoms with Crippen molar-refractivity contribution >= 4 is 22.6 Å². The molecule has 0 aromatic carbocycles. The second kappa shape index (κ2) is 9.05. The van der Waals surface area contributed by atoms with Crippen molar-refractivity contribution < 1.29 is 18.0 Å². The zero-order valence-electron chi connectivity index (χ0n) is 19.0. The Morgan fingerprint density at radius 1 is 1.15 bits per heavy atom. The molecule has 1 atom stereocenters. The van der Waals surface area contributed by atoms with Gasteiger partial charge in [-0.25, -0.2) is 4.98 Å². The summed E-state index contributed by atoms with van der Waals surface area (Å²) in [6.07, 6.45) is -1.48. The number of hydrogen-bond acceptors (Lipinski definition) is 6. The van der Waals surface area contributed by atoms with Crippen molar-refractivity contribution in [1.82, 2.24) is 25.2 Å². The Labute approximate surface area is 193 Å². The van der Waals surface area contributed by atoms with E-state index in [-0.39, 0.29) is 23.0 Å². The molecule has 1 aliphatic heterocycles. The van der Waals surface area contributed by atoms with Gasteiger partial charge in [0.05, 0.1) is 22.9 Å². The van der Waals surface area contributed by atoms with Crippen molar-refractivity contribution in [3.63, 3.8) is 0 Å². The van der Waals surface area contributed by atoms with Crippen molar-refractivity contribution in [1.29, 1.82) is 0 Å². The molecule has 0 bridgehead atoms. The van der Waals surface area contributed by atoms with Gasteiger partial charge >= 0.3 is 6.18 Å². The van der Waals surface area contributed by atoms with E-state index in [2.05, 4.69) is 30.1 Å². The van der Waals surface area contributed by atoms with E-state index in [0.717, 1.165) is 37.4 Å². The van der Waals surface area contributed by atoms with Gasteiger partial charge in [-0.3, -0.25) is 19.5 Å². The zero-order valence-corrected chi connectivity index (χ0v) is 19.0. The second-order valence-corrected chi connectivity index (χ2v) is 8.30. The van der Waals surface area contributed by atoms with E-state index in [0.29, 0.717) is 11.2 Å². The molecule has 0 saturated carbocycles. The van der Waals surface area contributed by atoms with Crippen LogP contribution in [0.5, 0.6) is 0 Å². The van der Waals surface area contributed by atoms with Gasteiger partial charge in [0.1, 0.15) is 11.3 Å². The molecule has 1 unspecified atom stereocenters. The summed E-state index contributed by atoms with van der Waals surface area (Å²) in [6, 6.07) is 5.23. The molecule has 8 nitrogen and oxygen atoms in total. The highest BCUT2D eigenvalue weighted by Crippen LogP contribution is 2.32. The molecule has 0 radical (unpaired) electrons. The zero-order chi connectivity index (χ0) is 24.6. The lowest BCUT2D eigenvalue weighted by atomic mass is 10.0. The summed E-state index contributed by atoms with van der Waals surface area (Å²) in [6.45, 7) is 6.27. The summed E-state index contributed by atoms with van der Waals surface area (Å²) < 4.78 is 39.7. The van der Waals surface area contributed by atoms with Crippen molar-refractivity contribution in [2.45, 2.75) is 26.1 Å². The molecule has 11 heteroatoms. The van der Waals surface area contributed by atoms with Crippen LogP contribution < -0.4 is 15.8 Å². The number of hydrogen-bond donors (Lipinski definition) is 2. The number of amides is 1. The smallest absolute Gasteiger partial charge is 0.368 e. The van der Waals surface area contributed by atoms with Gasteiger partial charge in [-0.2, -0.15) is 13.2 Å². The highest BCUT2D eigenvalue weighted by Gasteiger charge is 2.37. The molecule has 180 valence electrons. The molecular weight excluding hydrogens is 449 g/mol. The number of piperazine rings is 1. The topological polar surface area (TPSA) is 94.2 Å². The molecule has 2 N–H and O–H groups in total. The number of pyridine rings is 3. The SMILES string of the molecule is CNC(=O)c1ccc(N2CCN(C(C)c3cnc4c(C)c(C(F)(F)F)c(=O)[nH]c4c3)CC2)cn1. The number of carbonyl (C=O) groups is 1. The molecule has 0 spiro atoms. The third kappa shape index (κ3) is 4.47. The number of carbonyl (C=O) groups excluding carboxylic acids is 1. The summed E-state index contributed by atoms with van der Waals surface area (Å²) >= 11 is 0. The molecule has 1 fully saturated rings. The Kier molecular flexibility index (Phi) is 6.30. The van der Waals surface area contributed by atoms with Crippen LogP contribution in [0.25, 0.3) is 11.0 Å². The lowest BCUT2D eigenvalue weighted by molar-refractivity contribution is -0.139. The van der Waals surface area contributed by atoms with Crippen molar-refractivity contribution in [2.75, 3.05) is 38.1 Å². The van der Waals surface area contributed by atoms with Crippen LogP contribution in [0.3, 0.4) is 0 Å². The van der Waals surface area contributed by atoms with Gasteiger partial charge in [0.15, 0.2) is 0 Å². The maximum atomic E-state index is 13.2. The fraction of sp³-hybridized carbons (Fsp3) is 0.391. The lowest BCUT2D eigenvalue weighted by Crippen LogP contribution is -2.47. The number of fused-ring (bicyclic) bond motifs is 1. The van der Waals surface area contributed by atoms with Crippen LogP contribution in [0, 0.1) is 6.92 Å². The third-order valence-corrected chi connectivity index (χ3v) is 6.31. The van der Waals surface area contributed by atoms with Gasteiger partial charge in [0, 0.05) is 45.5 Å². The number of H-pyrrole nitrogens is 1. The third-order valence-electron chi connectivity index (χ3n) is 6.31. The predicted molar refractivity (Wildman–Crippen MR) is 122 cm³/mol. The Bertz CT molecular complexity index is 1260. The Balaban J connectivity index is 1.48. The normalized spacial score (nSPS) is 16.0. The van der Waals surface area contributed by atoms with Gasteiger partial charge in [-0.05, 0) is 43.2 Å². The molecule has 3 aromatic heterocycles. The molecule has 0 aliphatic carbocycles. The molecule has 1 saturated heterocycles. The number of aryl methyl sites for hydroxylation is 1. The summed E-state index contributed by atoms with van der Waals surface area (Å²) in [7, 11) is 1.56. The molecule has 34 heavy (non-hydrogen) atoms. The number of nitrogens with one attached hydrogen (secondary N) is 2. The average molecular weight is 474 g/mol. The van der Waals surface area contributed by atoms with Crippen LogP contribution in [0.4, 0.5) is 18.9 Å². The maximum absolute atomic E-state index is 13.2. The summed E-state index contributed by atoms with van der Waals surface area (Å²) in [4.78, 5) is 39.0. The number of alkyl halides is 3. The predicted octanol–water partition coefficient (Wildman–Crippen LogP) is 2.89. The monoisotopic (exact) mass is 474 g/mol. The number of anilines is 1. The minimum absolute atomic E-state index is 0.0427. The van der Waals surface area contributed by atoms with E-state index in [4.69, 9.17) is 0 Å². The van der Waals surface area contributed by atoms with E-state index in [1.165, 1.54) is 6.92 Å². The number of aromatic amines is 1. The first kappa shape index (κ1) is 23.7. The van der Waals surface area contributed by atoms with Gasteiger partial charge < -0.3 is 15.2 Å². The molecule has 1 aliphatic rings. The Hall–Kier alpha value is -3.47. The number of rotatable bonds is 4. The van der Waals surface area contributed by atoms with E-state index in [1.54, 1.807) is 31.6 Å². The first-order valence-corrected chi connectivity index (χ1v) is 10.9. The van der Waals surface area contributed by atoms with Crippen LogP contribution in [-0.4, -0.2) is 59.0 Å². The quantitative estimate of drug-likeness (QED) is 0.604. The van der Waals surface area contributed by atoms with Gasteiger partial charge in [0.25, 0.3) is 11.5 Å². The highest BCUT2D eigenvalue weighted by atomic mass is 19.4. The summed E-state index contributed by atoms with van der Waals surface area (Å²) in [5.74, 6) is -0.236. The van der Waals surface area contributed by atoms with Gasteiger partial charge in [0.2, 0.25) is 0 Å². The van der Waals surface area contributed by atoms with E-state index < -0.39 is 17.3 Å². The first-order valence-electron chi connectivity index (χ1n) is 10.9. The molecular formula is C23H25F3N6O2. The van der Waals surface area contributed by atoms with E-state index in [9.17, 15) is 22.8 Å². The minimum atomic E-state index is -4.74. The minimum Gasteiger partial charge on any atom is -0.368 e. The van der Waals surface area contributed by atoms with Gasteiger partial charge in [-0.1, -0.05) is 0 Å². The number of aromatic nitrogens is 3. The summed E-state index contributed by atoms with van der Waals surface area (Å²) in [5, 5.41) is 2.54. The largest absolute Gasteiger partial charge is 0.422 e. The fourth-order valence-electron chi connectivity index (χ4n) is 4.33.